The summed E-state index contributed by atoms with van der Waals surface area (Å²) in [6.07, 6.45) is -1.68. The SMILES string of the molecule is FC(F)(F)Oc1ccc(C2=CC3COCC(C2)N3Cc2ccccc2)cc1. The topological polar surface area (TPSA) is 21.7 Å². The molecule has 2 aromatic rings. The number of ether oxygens (including phenoxy) is 2. The third kappa shape index (κ3) is 4.34. The normalized spacial score (nSPS) is 23.0. The van der Waals surface area contributed by atoms with Crippen LogP contribution in [0.3, 0.4) is 0 Å². The van der Waals surface area contributed by atoms with Crippen molar-refractivity contribution in [3.63, 3.8) is 0 Å². The Hall–Kier alpha value is -2.31. The first kappa shape index (κ1) is 18.1. The highest BCUT2D eigenvalue weighted by atomic mass is 19.4. The van der Waals surface area contributed by atoms with Crippen molar-refractivity contribution in [2.45, 2.75) is 31.4 Å². The van der Waals surface area contributed by atoms with Crippen molar-refractivity contribution in [1.29, 1.82) is 0 Å². The van der Waals surface area contributed by atoms with Gasteiger partial charge in [-0.3, -0.25) is 4.90 Å². The van der Waals surface area contributed by atoms with Crippen LogP contribution >= 0.6 is 0 Å². The molecule has 0 spiro atoms. The Bertz CT molecular complexity index is 802. The number of halogens is 3. The molecule has 3 nitrogen and oxygen atoms in total. The molecule has 2 atom stereocenters. The van der Waals surface area contributed by atoms with Gasteiger partial charge in [0.1, 0.15) is 5.75 Å². The molecule has 2 unspecified atom stereocenters. The summed E-state index contributed by atoms with van der Waals surface area (Å²) in [4.78, 5) is 2.45. The Labute approximate surface area is 156 Å². The van der Waals surface area contributed by atoms with Crippen molar-refractivity contribution in [3.05, 3.63) is 71.8 Å². The van der Waals surface area contributed by atoms with E-state index in [1.807, 2.05) is 18.2 Å². The third-order valence-corrected chi connectivity index (χ3v) is 5.01. The van der Waals surface area contributed by atoms with Crippen molar-refractivity contribution < 1.29 is 22.6 Å². The number of morpholine rings is 1. The van der Waals surface area contributed by atoms with Gasteiger partial charge in [0.15, 0.2) is 0 Å². The molecule has 0 radical (unpaired) electrons. The first-order valence-corrected chi connectivity index (χ1v) is 8.92. The van der Waals surface area contributed by atoms with Crippen molar-refractivity contribution in [2.75, 3.05) is 13.2 Å². The van der Waals surface area contributed by atoms with Gasteiger partial charge in [0.05, 0.1) is 19.3 Å². The molecule has 1 fully saturated rings. The molecule has 6 heteroatoms. The predicted molar refractivity (Wildman–Crippen MR) is 96.1 cm³/mol. The average Bonchev–Trinajstić information content (AvgIpc) is 2.62. The minimum absolute atomic E-state index is 0.166. The Balaban J connectivity index is 1.52. The quantitative estimate of drug-likeness (QED) is 0.777. The van der Waals surface area contributed by atoms with Crippen LogP contribution in [0.1, 0.15) is 17.5 Å². The first-order chi connectivity index (χ1) is 13.0. The van der Waals surface area contributed by atoms with Gasteiger partial charge in [-0.2, -0.15) is 0 Å². The van der Waals surface area contributed by atoms with Gasteiger partial charge in [-0.25, -0.2) is 0 Å². The summed E-state index contributed by atoms with van der Waals surface area (Å²) in [5, 5.41) is 0. The highest BCUT2D eigenvalue weighted by molar-refractivity contribution is 5.68. The first-order valence-electron chi connectivity index (χ1n) is 8.92. The third-order valence-electron chi connectivity index (χ3n) is 5.01. The van der Waals surface area contributed by atoms with Crippen molar-refractivity contribution in [1.82, 2.24) is 4.90 Å². The summed E-state index contributed by atoms with van der Waals surface area (Å²) in [7, 11) is 0. The van der Waals surface area contributed by atoms with Gasteiger partial charge in [0, 0.05) is 12.6 Å². The fourth-order valence-corrected chi connectivity index (χ4v) is 3.79. The van der Waals surface area contributed by atoms with Gasteiger partial charge in [-0.05, 0) is 35.3 Å². The second-order valence-corrected chi connectivity index (χ2v) is 6.88. The molecule has 0 aromatic heterocycles. The largest absolute Gasteiger partial charge is 0.573 e. The highest BCUT2D eigenvalue weighted by Gasteiger charge is 2.35. The smallest absolute Gasteiger partial charge is 0.406 e. The number of hydrogen-bond donors (Lipinski definition) is 0. The van der Waals surface area contributed by atoms with Crippen LogP contribution in [0.4, 0.5) is 13.2 Å². The zero-order valence-corrected chi connectivity index (χ0v) is 14.7. The molecule has 27 heavy (non-hydrogen) atoms. The van der Waals surface area contributed by atoms with Crippen molar-refractivity contribution in [3.8, 4) is 5.75 Å². The number of rotatable bonds is 4. The minimum Gasteiger partial charge on any atom is -0.406 e. The monoisotopic (exact) mass is 375 g/mol. The molecule has 0 N–H and O–H groups in total. The van der Waals surface area contributed by atoms with E-state index in [4.69, 9.17) is 4.74 Å². The lowest BCUT2D eigenvalue weighted by Crippen LogP contribution is -2.53. The van der Waals surface area contributed by atoms with Crippen LogP contribution in [0, 0.1) is 0 Å². The van der Waals surface area contributed by atoms with Gasteiger partial charge in [0.25, 0.3) is 0 Å². The Morgan fingerprint density at radius 1 is 1.00 bits per heavy atom. The van der Waals surface area contributed by atoms with Crippen LogP contribution in [0.15, 0.2) is 60.7 Å². The van der Waals surface area contributed by atoms with E-state index in [1.165, 1.54) is 17.7 Å². The number of benzene rings is 2. The van der Waals surface area contributed by atoms with Gasteiger partial charge in [0.2, 0.25) is 0 Å². The van der Waals surface area contributed by atoms with Gasteiger partial charge in [-0.1, -0.05) is 48.5 Å². The van der Waals surface area contributed by atoms with Crippen molar-refractivity contribution >= 4 is 5.57 Å². The van der Waals surface area contributed by atoms with Crippen LogP contribution in [0.2, 0.25) is 0 Å². The van der Waals surface area contributed by atoms with E-state index >= 15 is 0 Å². The minimum atomic E-state index is -4.67. The molecule has 4 rings (SSSR count). The Kier molecular flexibility index (Phi) is 4.93. The summed E-state index contributed by atoms with van der Waals surface area (Å²) in [6.45, 7) is 2.15. The predicted octanol–water partition coefficient (Wildman–Crippen LogP) is 4.64. The van der Waals surface area contributed by atoms with Gasteiger partial charge < -0.3 is 9.47 Å². The van der Waals surface area contributed by atoms with E-state index in [9.17, 15) is 13.2 Å². The molecule has 142 valence electrons. The summed E-state index contributed by atoms with van der Waals surface area (Å²) < 4.78 is 46.6. The summed E-state index contributed by atoms with van der Waals surface area (Å²) in [5.74, 6) is -0.197. The molecule has 0 saturated carbocycles. The fraction of sp³-hybridized carbons (Fsp3) is 0.333. The van der Waals surface area contributed by atoms with E-state index < -0.39 is 6.36 Å². The van der Waals surface area contributed by atoms with Crippen LogP contribution in [0.5, 0.6) is 5.75 Å². The maximum Gasteiger partial charge on any atom is 0.573 e. The maximum absolute atomic E-state index is 12.3. The van der Waals surface area contributed by atoms with Crippen LogP contribution < -0.4 is 4.74 Å². The van der Waals surface area contributed by atoms with E-state index in [0.29, 0.717) is 13.2 Å². The number of hydrogen-bond acceptors (Lipinski definition) is 3. The molecule has 2 aliphatic heterocycles. The molecule has 2 bridgehead atoms. The van der Waals surface area contributed by atoms with Gasteiger partial charge >= 0.3 is 6.36 Å². The zero-order valence-electron chi connectivity index (χ0n) is 14.7. The lowest BCUT2D eigenvalue weighted by Gasteiger charge is -2.44. The van der Waals surface area contributed by atoms with E-state index in [-0.39, 0.29) is 17.8 Å². The summed E-state index contributed by atoms with van der Waals surface area (Å²) >= 11 is 0. The number of alkyl halides is 3. The average molecular weight is 375 g/mol. The molecule has 1 saturated heterocycles. The second kappa shape index (κ2) is 7.37. The number of fused-ring (bicyclic) bond motifs is 2. The molecule has 2 heterocycles. The summed E-state index contributed by atoms with van der Waals surface area (Å²) in [5.41, 5.74) is 3.34. The molecule has 2 aromatic carbocycles. The fourth-order valence-electron chi connectivity index (χ4n) is 3.79. The van der Waals surface area contributed by atoms with Crippen LogP contribution in [0.25, 0.3) is 5.57 Å². The van der Waals surface area contributed by atoms with Crippen LogP contribution in [-0.2, 0) is 11.3 Å². The second-order valence-electron chi connectivity index (χ2n) is 6.88. The maximum atomic E-state index is 12.3. The van der Waals surface area contributed by atoms with Gasteiger partial charge in [-0.15, -0.1) is 13.2 Å². The van der Waals surface area contributed by atoms with Crippen molar-refractivity contribution in [2.24, 2.45) is 0 Å². The Morgan fingerprint density at radius 3 is 2.41 bits per heavy atom. The molecule has 0 amide bonds. The molecular weight excluding hydrogens is 355 g/mol. The standard InChI is InChI=1S/C21H20F3NO2/c22-21(23,24)27-20-8-6-16(7-9-20)17-10-18-13-26-14-19(11-17)25(18)12-15-4-2-1-3-5-15/h1-10,18-19H,11-14H2. The highest BCUT2D eigenvalue weighted by Crippen LogP contribution is 2.34. The molecule has 2 aliphatic rings. The van der Waals surface area contributed by atoms with Crippen LogP contribution in [-0.4, -0.2) is 36.6 Å². The lowest BCUT2D eigenvalue weighted by atomic mass is 9.89. The van der Waals surface area contributed by atoms with E-state index in [2.05, 4.69) is 27.8 Å². The molecular formula is C21H20F3NO2. The number of nitrogens with zero attached hydrogens (tertiary/aromatic N) is 1. The molecule has 0 aliphatic carbocycles. The van der Waals surface area contributed by atoms with E-state index in [1.54, 1.807) is 12.1 Å². The van der Waals surface area contributed by atoms with E-state index in [0.717, 1.165) is 24.1 Å². The zero-order chi connectivity index (χ0) is 18.9. The Morgan fingerprint density at radius 2 is 1.74 bits per heavy atom. The lowest BCUT2D eigenvalue weighted by molar-refractivity contribution is -0.274. The summed E-state index contributed by atoms with van der Waals surface area (Å²) in [6, 6.07) is 16.9.